The molecule has 4 heterocycles. The van der Waals surface area contributed by atoms with Crippen molar-refractivity contribution in [3.05, 3.63) is 47.9 Å². The largest absolute Gasteiger partial charge is 0.389 e. The standard InChI is InChI=1S/C21H23FN6O3/c22-13-8-15(12-4-2-1-3-5-12)28(9-13)21(30)18-17-19(23-11-24-20(17)27-26-18)25-14-6-7-31-10-16(14)29/h1-5,11,13-16,29H,6-10H2,(H2,23,24,25,26,27)/t13-,14+,15+,16+/m0/s1. The second-order valence-electron chi connectivity index (χ2n) is 7.92. The lowest BCUT2D eigenvalue weighted by atomic mass is 10.0. The van der Waals surface area contributed by atoms with E-state index in [0.29, 0.717) is 29.9 Å². The number of fused-ring (bicyclic) bond motifs is 1. The van der Waals surface area contributed by atoms with Gasteiger partial charge in [-0.1, -0.05) is 30.3 Å². The molecule has 5 rings (SSSR count). The third kappa shape index (κ3) is 3.72. The van der Waals surface area contributed by atoms with Crippen LogP contribution < -0.4 is 5.32 Å². The van der Waals surface area contributed by atoms with Gasteiger partial charge < -0.3 is 20.1 Å². The van der Waals surface area contributed by atoms with Gasteiger partial charge in [0.25, 0.3) is 5.91 Å². The summed E-state index contributed by atoms with van der Waals surface area (Å²) < 4.78 is 19.6. The summed E-state index contributed by atoms with van der Waals surface area (Å²) in [5.74, 6) is 0.0194. The van der Waals surface area contributed by atoms with E-state index in [1.165, 1.54) is 11.2 Å². The molecule has 1 amide bonds. The van der Waals surface area contributed by atoms with E-state index in [2.05, 4.69) is 25.5 Å². The number of benzene rings is 1. The van der Waals surface area contributed by atoms with Gasteiger partial charge in [-0.3, -0.25) is 9.89 Å². The van der Waals surface area contributed by atoms with Gasteiger partial charge in [-0.15, -0.1) is 0 Å². The summed E-state index contributed by atoms with van der Waals surface area (Å²) in [7, 11) is 0. The topological polar surface area (TPSA) is 116 Å². The number of hydrogen-bond donors (Lipinski definition) is 3. The zero-order valence-corrected chi connectivity index (χ0v) is 16.7. The highest BCUT2D eigenvalue weighted by Gasteiger charge is 2.38. The highest BCUT2D eigenvalue weighted by atomic mass is 19.1. The summed E-state index contributed by atoms with van der Waals surface area (Å²) in [6, 6.07) is 8.80. The minimum atomic E-state index is -1.11. The van der Waals surface area contributed by atoms with Crippen LogP contribution in [-0.4, -0.2) is 74.2 Å². The molecule has 2 saturated heterocycles. The Morgan fingerprint density at radius 2 is 2.13 bits per heavy atom. The van der Waals surface area contributed by atoms with Crippen LogP contribution in [0.4, 0.5) is 10.2 Å². The zero-order chi connectivity index (χ0) is 21.4. The van der Waals surface area contributed by atoms with Crippen molar-refractivity contribution < 1.29 is 19.0 Å². The average molecular weight is 426 g/mol. The number of aromatic amines is 1. The molecule has 31 heavy (non-hydrogen) atoms. The van der Waals surface area contributed by atoms with Gasteiger partial charge in [0.15, 0.2) is 11.3 Å². The number of hydrogen-bond acceptors (Lipinski definition) is 7. The first-order valence-electron chi connectivity index (χ1n) is 10.3. The molecule has 9 nitrogen and oxygen atoms in total. The Morgan fingerprint density at radius 1 is 1.29 bits per heavy atom. The highest BCUT2D eigenvalue weighted by Crippen LogP contribution is 2.36. The van der Waals surface area contributed by atoms with E-state index in [-0.39, 0.29) is 43.3 Å². The van der Waals surface area contributed by atoms with Crippen LogP contribution in [0, 0.1) is 0 Å². The van der Waals surface area contributed by atoms with Crippen molar-refractivity contribution in [3.8, 4) is 0 Å². The minimum absolute atomic E-state index is 0.00186. The molecule has 0 spiro atoms. The van der Waals surface area contributed by atoms with Crippen molar-refractivity contribution in [2.45, 2.75) is 37.2 Å². The average Bonchev–Trinajstić information content (AvgIpc) is 3.40. The van der Waals surface area contributed by atoms with Crippen molar-refractivity contribution >= 4 is 22.8 Å². The fourth-order valence-electron chi connectivity index (χ4n) is 4.33. The number of H-pyrrole nitrogens is 1. The Balaban J connectivity index is 1.49. The second-order valence-corrected chi connectivity index (χ2v) is 7.92. The van der Waals surface area contributed by atoms with Gasteiger partial charge in [-0.2, -0.15) is 5.10 Å². The summed E-state index contributed by atoms with van der Waals surface area (Å²) >= 11 is 0. The number of anilines is 1. The van der Waals surface area contributed by atoms with Crippen LogP contribution in [0.1, 0.15) is 34.9 Å². The molecule has 2 aromatic heterocycles. The quantitative estimate of drug-likeness (QED) is 0.583. The molecule has 0 unspecified atom stereocenters. The van der Waals surface area contributed by atoms with Crippen molar-refractivity contribution in [1.82, 2.24) is 25.1 Å². The van der Waals surface area contributed by atoms with Crippen LogP contribution in [-0.2, 0) is 4.74 Å². The molecule has 2 aliphatic rings. The van der Waals surface area contributed by atoms with Gasteiger partial charge in [0.05, 0.1) is 36.7 Å². The van der Waals surface area contributed by atoms with Gasteiger partial charge >= 0.3 is 0 Å². The number of carbonyl (C=O) groups is 1. The van der Waals surface area contributed by atoms with Gasteiger partial charge in [0.2, 0.25) is 0 Å². The maximum Gasteiger partial charge on any atom is 0.275 e. The fraction of sp³-hybridized carbons (Fsp3) is 0.429. The van der Waals surface area contributed by atoms with E-state index in [1.54, 1.807) is 0 Å². The molecule has 162 valence electrons. The second kappa shape index (κ2) is 8.20. The number of alkyl halides is 1. The Labute approximate surface area is 177 Å². The summed E-state index contributed by atoms with van der Waals surface area (Å²) in [5.41, 5.74) is 1.42. The molecule has 0 radical (unpaired) electrons. The Hall–Kier alpha value is -3.11. The predicted octanol–water partition coefficient (Wildman–Crippen LogP) is 1.84. The molecule has 0 bridgehead atoms. The molecule has 3 aromatic rings. The molecule has 3 N–H and O–H groups in total. The van der Waals surface area contributed by atoms with Crippen LogP contribution in [0.2, 0.25) is 0 Å². The number of halogens is 1. The van der Waals surface area contributed by atoms with E-state index in [1.807, 2.05) is 30.3 Å². The Bertz CT molecular complexity index is 1080. The van der Waals surface area contributed by atoms with Crippen molar-refractivity contribution in [2.24, 2.45) is 0 Å². The van der Waals surface area contributed by atoms with E-state index < -0.39 is 12.3 Å². The smallest absolute Gasteiger partial charge is 0.275 e. The highest BCUT2D eigenvalue weighted by molar-refractivity contribution is 6.07. The summed E-state index contributed by atoms with van der Waals surface area (Å²) in [4.78, 5) is 23.5. The predicted molar refractivity (Wildman–Crippen MR) is 110 cm³/mol. The normalized spacial score (nSPS) is 26.3. The minimum Gasteiger partial charge on any atom is -0.389 e. The lowest BCUT2D eigenvalue weighted by molar-refractivity contribution is -0.0135. The Morgan fingerprint density at radius 3 is 2.94 bits per heavy atom. The number of aromatic nitrogens is 4. The molecule has 0 saturated carbocycles. The van der Waals surface area contributed by atoms with E-state index >= 15 is 0 Å². The zero-order valence-electron chi connectivity index (χ0n) is 16.7. The molecule has 0 aliphatic carbocycles. The molecular formula is C21H23FN6O3. The summed E-state index contributed by atoms with van der Waals surface area (Å²) in [5, 5.41) is 20.8. The van der Waals surface area contributed by atoms with E-state index in [0.717, 1.165) is 5.56 Å². The molecule has 1 aromatic carbocycles. The SMILES string of the molecule is O=C(c1n[nH]c2ncnc(N[C@@H]3CCOC[C@H]3O)c12)N1C[C@@H](F)C[C@@H]1c1ccccc1. The van der Waals surface area contributed by atoms with Crippen molar-refractivity contribution in [3.63, 3.8) is 0 Å². The number of aliphatic hydroxyl groups is 1. The van der Waals surface area contributed by atoms with Crippen molar-refractivity contribution in [1.29, 1.82) is 0 Å². The monoisotopic (exact) mass is 426 g/mol. The number of nitrogens with one attached hydrogen (secondary N) is 2. The first kappa shape index (κ1) is 19.8. The number of carbonyl (C=O) groups excluding carboxylic acids is 1. The maximum atomic E-state index is 14.4. The van der Waals surface area contributed by atoms with E-state index in [9.17, 15) is 14.3 Å². The summed E-state index contributed by atoms with van der Waals surface area (Å²) in [6.07, 6.45) is 0.403. The number of likely N-dealkylation sites (tertiary alicyclic amines) is 1. The molecule has 2 aliphatic heterocycles. The molecule has 4 atom stereocenters. The van der Waals surface area contributed by atoms with Gasteiger partial charge in [-0.25, -0.2) is 14.4 Å². The van der Waals surface area contributed by atoms with E-state index in [4.69, 9.17) is 4.74 Å². The number of aliphatic hydroxyl groups excluding tert-OH is 1. The maximum absolute atomic E-state index is 14.4. The number of ether oxygens (including phenoxy) is 1. The van der Waals surface area contributed by atoms with Gasteiger partial charge in [-0.05, 0) is 12.0 Å². The van der Waals surface area contributed by atoms with Crippen molar-refractivity contribution in [2.75, 3.05) is 25.1 Å². The van der Waals surface area contributed by atoms with Crippen LogP contribution in [0.3, 0.4) is 0 Å². The fourth-order valence-corrected chi connectivity index (χ4v) is 4.33. The van der Waals surface area contributed by atoms with Crippen LogP contribution in [0.25, 0.3) is 11.0 Å². The summed E-state index contributed by atoms with van der Waals surface area (Å²) in [6.45, 7) is 0.750. The Kier molecular flexibility index (Phi) is 5.24. The number of amides is 1. The lowest BCUT2D eigenvalue weighted by Crippen LogP contribution is -2.42. The molecule has 2 fully saturated rings. The van der Waals surface area contributed by atoms with Gasteiger partial charge in [0.1, 0.15) is 18.3 Å². The van der Waals surface area contributed by atoms with Crippen LogP contribution in [0.5, 0.6) is 0 Å². The third-order valence-electron chi connectivity index (χ3n) is 5.90. The first-order valence-corrected chi connectivity index (χ1v) is 10.3. The lowest BCUT2D eigenvalue weighted by Gasteiger charge is -2.29. The number of nitrogens with zero attached hydrogens (tertiary/aromatic N) is 4. The van der Waals surface area contributed by atoms with Crippen LogP contribution >= 0.6 is 0 Å². The molecular weight excluding hydrogens is 403 g/mol. The van der Waals surface area contributed by atoms with Crippen LogP contribution in [0.15, 0.2) is 36.7 Å². The molecule has 10 heteroatoms. The number of rotatable bonds is 4. The van der Waals surface area contributed by atoms with Gasteiger partial charge in [0, 0.05) is 13.0 Å². The third-order valence-corrected chi connectivity index (χ3v) is 5.90. The first-order chi connectivity index (χ1) is 15.1.